The fourth-order valence-corrected chi connectivity index (χ4v) is 3.01. The first-order valence-corrected chi connectivity index (χ1v) is 7.13. The van der Waals surface area contributed by atoms with E-state index in [2.05, 4.69) is 42.8 Å². The van der Waals surface area contributed by atoms with Crippen LogP contribution in [0.3, 0.4) is 0 Å². The second-order valence-electron chi connectivity index (χ2n) is 5.90. The van der Waals surface area contributed by atoms with Gasteiger partial charge in [0.1, 0.15) is 0 Å². The molecule has 0 unspecified atom stereocenters. The highest BCUT2D eigenvalue weighted by molar-refractivity contribution is 5.82. The van der Waals surface area contributed by atoms with Crippen LogP contribution in [0.4, 0.5) is 0 Å². The van der Waals surface area contributed by atoms with Crippen LogP contribution < -0.4 is 5.69 Å². The zero-order valence-corrected chi connectivity index (χ0v) is 12.6. The summed E-state index contributed by atoms with van der Waals surface area (Å²) in [4.78, 5) is 17.4. The van der Waals surface area contributed by atoms with Crippen molar-refractivity contribution in [2.24, 2.45) is 0 Å². The van der Waals surface area contributed by atoms with Gasteiger partial charge in [-0.3, -0.25) is 4.57 Å². The Morgan fingerprint density at radius 3 is 2.90 bits per heavy atom. The van der Waals surface area contributed by atoms with E-state index < -0.39 is 0 Å². The van der Waals surface area contributed by atoms with Crippen molar-refractivity contribution >= 4 is 11.0 Å². The molecule has 0 radical (unpaired) electrons. The molecule has 1 aliphatic rings. The first-order chi connectivity index (χ1) is 10.0. The maximum Gasteiger partial charge on any atom is 0.326 e. The van der Waals surface area contributed by atoms with Crippen LogP contribution in [-0.2, 0) is 13.1 Å². The first kappa shape index (κ1) is 13.6. The Hall–Kier alpha value is -2.41. The van der Waals surface area contributed by atoms with Gasteiger partial charge in [-0.1, -0.05) is 11.5 Å². The van der Waals surface area contributed by atoms with E-state index >= 15 is 0 Å². The first-order valence-electron chi connectivity index (χ1n) is 7.13. The predicted molar refractivity (Wildman–Crippen MR) is 84.9 cm³/mol. The number of hydrogen-bond acceptors (Lipinski definition) is 2. The minimum atomic E-state index is -0.0636. The molecule has 1 N–H and O–H groups in total. The molecular weight excluding hydrogens is 262 g/mol. The summed E-state index contributed by atoms with van der Waals surface area (Å²) in [7, 11) is 0. The van der Waals surface area contributed by atoms with Gasteiger partial charge in [0.15, 0.2) is 0 Å². The van der Waals surface area contributed by atoms with Gasteiger partial charge in [0.05, 0.1) is 11.0 Å². The van der Waals surface area contributed by atoms with Crippen molar-refractivity contribution in [2.75, 3.05) is 0 Å². The lowest BCUT2D eigenvalue weighted by atomic mass is 10.1. The second kappa shape index (κ2) is 4.85. The number of nitrogens with zero attached hydrogens (tertiary/aromatic N) is 2. The molecule has 0 fully saturated rings. The van der Waals surface area contributed by atoms with E-state index in [1.807, 2.05) is 16.7 Å². The summed E-state index contributed by atoms with van der Waals surface area (Å²) in [6.45, 7) is 7.66. The molecule has 1 aromatic carbocycles. The number of rotatable bonds is 1. The Morgan fingerprint density at radius 2 is 2.24 bits per heavy atom. The maximum atomic E-state index is 12.2. The average molecular weight is 281 g/mol. The second-order valence-corrected chi connectivity index (χ2v) is 5.90. The van der Waals surface area contributed by atoms with Crippen LogP contribution in [0.5, 0.6) is 0 Å². The summed E-state index contributed by atoms with van der Waals surface area (Å²) in [5.41, 5.74) is 4.89. The van der Waals surface area contributed by atoms with Crippen LogP contribution >= 0.6 is 0 Å². The van der Waals surface area contributed by atoms with Crippen molar-refractivity contribution < 1.29 is 0 Å². The molecule has 2 aromatic rings. The molecule has 0 bridgehead atoms. The van der Waals surface area contributed by atoms with Crippen LogP contribution in [0.25, 0.3) is 11.0 Å². The Bertz CT molecular complexity index is 828. The zero-order valence-electron chi connectivity index (χ0n) is 12.6. The summed E-state index contributed by atoms with van der Waals surface area (Å²) in [5, 5.41) is 0. The number of allylic oxidation sites excluding steroid dienone is 1. The quantitative estimate of drug-likeness (QED) is 0.816. The molecule has 4 nitrogen and oxygen atoms in total. The Labute approximate surface area is 124 Å². The number of aromatic amines is 1. The van der Waals surface area contributed by atoms with E-state index in [1.54, 1.807) is 0 Å². The van der Waals surface area contributed by atoms with E-state index in [1.165, 1.54) is 5.57 Å². The van der Waals surface area contributed by atoms with Gasteiger partial charge in [-0.15, -0.1) is 6.42 Å². The van der Waals surface area contributed by atoms with Crippen molar-refractivity contribution in [3.8, 4) is 12.3 Å². The lowest BCUT2D eigenvalue weighted by molar-refractivity contribution is 0.266. The highest BCUT2D eigenvalue weighted by Crippen LogP contribution is 2.26. The van der Waals surface area contributed by atoms with Crippen molar-refractivity contribution in [3.63, 3.8) is 0 Å². The molecular formula is C17H19N3O. The summed E-state index contributed by atoms with van der Waals surface area (Å²) in [6.07, 6.45) is 7.79. The number of terminal acetylenes is 1. The molecule has 0 saturated carbocycles. The van der Waals surface area contributed by atoms with E-state index in [9.17, 15) is 4.79 Å². The monoisotopic (exact) mass is 281 g/mol. The summed E-state index contributed by atoms with van der Waals surface area (Å²) < 4.78 is 1.81. The summed E-state index contributed by atoms with van der Waals surface area (Å²) in [6, 6.07) is 4.04. The topological polar surface area (TPSA) is 41.0 Å². The minimum Gasteiger partial charge on any atom is -0.369 e. The fourth-order valence-electron chi connectivity index (χ4n) is 3.01. The van der Waals surface area contributed by atoms with Crippen molar-refractivity contribution in [2.45, 2.75) is 39.9 Å². The molecule has 3 rings (SSSR count). The van der Waals surface area contributed by atoms with Gasteiger partial charge in [0.2, 0.25) is 0 Å². The van der Waals surface area contributed by atoms with Crippen LogP contribution in [0.1, 0.15) is 31.9 Å². The van der Waals surface area contributed by atoms with Gasteiger partial charge < -0.3 is 9.88 Å². The molecule has 1 atom stereocenters. The number of nitrogens with one attached hydrogen (secondary N) is 1. The van der Waals surface area contributed by atoms with E-state index in [0.29, 0.717) is 6.54 Å². The van der Waals surface area contributed by atoms with E-state index in [0.717, 1.165) is 28.7 Å². The van der Waals surface area contributed by atoms with Gasteiger partial charge in [0, 0.05) is 30.3 Å². The molecule has 0 amide bonds. The lowest BCUT2D eigenvalue weighted by Crippen LogP contribution is -2.32. The molecule has 1 aliphatic heterocycles. The molecule has 21 heavy (non-hydrogen) atoms. The number of aromatic nitrogens is 2. The molecule has 0 spiro atoms. The third kappa shape index (κ3) is 2.15. The molecule has 108 valence electrons. The Morgan fingerprint density at radius 1 is 1.48 bits per heavy atom. The van der Waals surface area contributed by atoms with Crippen molar-refractivity contribution in [3.05, 3.63) is 45.5 Å². The third-order valence-electron chi connectivity index (χ3n) is 3.97. The van der Waals surface area contributed by atoms with Gasteiger partial charge in [-0.2, -0.15) is 0 Å². The van der Waals surface area contributed by atoms with Gasteiger partial charge >= 0.3 is 5.69 Å². The standard InChI is InChI=1S/C17H19N3O/c1-5-13-6-7-15-16-14(13)10-19(8-11(2)3)12(4)9-20(16)17(21)18-15/h1,6-8,12H,9-10H2,2-4H3,(H,18,21)/t12-/m0/s1. The average Bonchev–Trinajstić information content (AvgIpc) is 2.65. The molecule has 1 aromatic heterocycles. The fraction of sp³-hybridized carbons (Fsp3) is 0.353. The molecule has 0 aliphatic carbocycles. The van der Waals surface area contributed by atoms with Gasteiger partial charge in [0.25, 0.3) is 0 Å². The highest BCUT2D eigenvalue weighted by atomic mass is 16.1. The number of imidazole rings is 1. The number of hydrogen-bond donors (Lipinski definition) is 1. The third-order valence-corrected chi connectivity index (χ3v) is 3.97. The SMILES string of the molecule is C#Cc1ccc2[nH]c(=O)n3c2c1CN(C=C(C)C)[C@@H](C)C3. The van der Waals surface area contributed by atoms with Crippen LogP contribution in [-0.4, -0.2) is 20.5 Å². The largest absolute Gasteiger partial charge is 0.369 e. The van der Waals surface area contributed by atoms with Crippen molar-refractivity contribution in [1.82, 2.24) is 14.5 Å². The Kier molecular flexibility index (Phi) is 3.13. The maximum absolute atomic E-state index is 12.2. The minimum absolute atomic E-state index is 0.0636. The van der Waals surface area contributed by atoms with E-state index in [4.69, 9.17) is 6.42 Å². The number of benzene rings is 1. The predicted octanol–water partition coefficient (Wildman–Crippen LogP) is 2.44. The highest BCUT2D eigenvalue weighted by Gasteiger charge is 2.23. The molecule has 0 saturated heterocycles. The van der Waals surface area contributed by atoms with Crippen molar-refractivity contribution in [1.29, 1.82) is 0 Å². The van der Waals surface area contributed by atoms with Crippen LogP contribution in [0.15, 0.2) is 28.7 Å². The molecule has 2 heterocycles. The summed E-state index contributed by atoms with van der Waals surface area (Å²) >= 11 is 0. The van der Waals surface area contributed by atoms with Crippen LogP contribution in [0, 0.1) is 12.3 Å². The number of H-pyrrole nitrogens is 1. The smallest absolute Gasteiger partial charge is 0.326 e. The van der Waals surface area contributed by atoms with Crippen LogP contribution in [0.2, 0.25) is 0 Å². The zero-order chi connectivity index (χ0) is 15.1. The normalized spacial score (nSPS) is 17.4. The van der Waals surface area contributed by atoms with Gasteiger partial charge in [-0.25, -0.2) is 4.79 Å². The Balaban J connectivity index is 2.29. The summed E-state index contributed by atoms with van der Waals surface area (Å²) in [5.74, 6) is 2.75. The lowest BCUT2D eigenvalue weighted by Gasteiger charge is -2.26. The van der Waals surface area contributed by atoms with Gasteiger partial charge in [-0.05, 0) is 39.1 Å². The van der Waals surface area contributed by atoms with E-state index in [-0.39, 0.29) is 11.7 Å². The molecule has 4 heteroatoms.